The predicted molar refractivity (Wildman–Crippen MR) is 116 cm³/mol. The minimum Gasteiger partial charge on any atom is -0.389 e. The maximum atomic E-state index is 11.7. The molecule has 1 amide bonds. The number of amides is 1. The van der Waals surface area contributed by atoms with Crippen LogP contribution < -0.4 is 5.32 Å². The Hall–Kier alpha value is -0.720. The van der Waals surface area contributed by atoms with Gasteiger partial charge in [-0.15, -0.1) is 0 Å². The van der Waals surface area contributed by atoms with E-state index in [2.05, 4.69) is 28.9 Å². The van der Waals surface area contributed by atoms with Gasteiger partial charge in [0.25, 0.3) is 0 Å². The van der Waals surface area contributed by atoms with Crippen LogP contribution in [0.15, 0.2) is 12.2 Å². The van der Waals surface area contributed by atoms with Gasteiger partial charge in [-0.05, 0) is 25.7 Å². The van der Waals surface area contributed by atoms with Gasteiger partial charge in [-0.3, -0.25) is 9.32 Å². The van der Waals surface area contributed by atoms with Crippen molar-refractivity contribution in [1.29, 1.82) is 0 Å². The number of allylic oxidation sites excluding steroid dienone is 2. The molecule has 0 aromatic heterocycles. The maximum absolute atomic E-state index is 11.7. The van der Waals surface area contributed by atoms with Crippen LogP contribution in [0.1, 0.15) is 96.8 Å². The van der Waals surface area contributed by atoms with E-state index < -0.39 is 20.5 Å². The Labute approximate surface area is 176 Å². The van der Waals surface area contributed by atoms with Gasteiger partial charge in [-0.25, -0.2) is 4.57 Å². The molecule has 0 aliphatic heterocycles. The minimum atomic E-state index is -4.59. The number of phosphoric ester groups is 1. The van der Waals surface area contributed by atoms with Crippen molar-refractivity contribution >= 4 is 13.7 Å². The fourth-order valence-corrected chi connectivity index (χ4v) is 3.27. The number of nitrogens with one attached hydrogen (secondary N) is 1. The summed E-state index contributed by atoms with van der Waals surface area (Å²) in [5.74, 6) is -0.163. The molecule has 0 spiro atoms. The molecule has 0 aliphatic rings. The molecule has 0 aromatic carbocycles. The number of phosphoric acid groups is 1. The van der Waals surface area contributed by atoms with Crippen molar-refractivity contribution in [2.45, 2.75) is 103 Å². The quantitative estimate of drug-likeness (QED) is 0.126. The zero-order valence-electron chi connectivity index (χ0n) is 18.1. The summed E-state index contributed by atoms with van der Waals surface area (Å²) in [6.07, 6.45) is 19.5. The number of hydrogen-bond acceptors (Lipinski definition) is 4. The van der Waals surface area contributed by atoms with E-state index in [0.29, 0.717) is 6.42 Å². The summed E-state index contributed by atoms with van der Waals surface area (Å²) in [5.41, 5.74) is 0. The predicted octanol–water partition coefficient (Wildman–Crippen LogP) is 4.61. The van der Waals surface area contributed by atoms with Crippen molar-refractivity contribution in [3.63, 3.8) is 0 Å². The lowest BCUT2D eigenvalue weighted by Gasteiger charge is -2.12. The van der Waals surface area contributed by atoms with Gasteiger partial charge in [-0.1, -0.05) is 76.9 Å². The molecule has 172 valence electrons. The van der Waals surface area contributed by atoms with Crippen LogP contribution in [0.3, 0.4) is 0 Å². The van der Waals surface area contributed by atoms with Crippen molar-refractivity contribution < 1.29 is 28.8 Å². The Morgan fingerprint density at radius 2 is 1.45 bits per heavy atom. The summed E-state index contributed by atoms with van der Waals surface area (Å²) in [4.78, 5) is 28.7. The van der Waals surface area contributed by atoms with Crippen LogP contribution in [-0.2, 0) is 13.9 Å². The Bertz CT molecular complexity index is 466. The zero-order chi connectivity index (χ0) is 21.8. The molecule has 29 heavy (non-hydrogen) atoms. The molecular weight excluding hydrogens is 393 g/mol. The second-order valence-electron chi connectivity index (χ2n) is 7.58. The van der Waals surface area contributed by atoms with Crippen LogP contribution in [0, 0.1) is 0 Å². The third kappa shape index (κ3) is 23.4. The number of carbonyl (C=O) groups excluding carboxylic acids is 1. The summed E-state index contributed by atoms with van der Waals surface area (Å²) < 4.78 is 14.7. The summed E-state index contributed by atoms with van der Waals surface area (Å²) in [7, 11) is -4.59. The largest absolute Gasteiger partial charge is 0.469 e. The third-order valence-electron chi connectivity index (χ3n) is 4.64. The van der Waals surface area contributed by atoms with E-state index in [0.717, 1.165) is 19.3 Å². The monoisotopic (exact) mass is 435 g/mol. The van der Waals surface area contributed by atoms with Gasteiger partial charge in [0, 0.05) is 13.0 Å². The summed E-state index contributed by atoms with van der Waals surface area (Å²) in [5, 5.41) is 12.0. The first-order chi connectivity index (χ1) is 13.8. The van der Waals surface area contributed by atoms with E-state index in [1.165, 1.54) is 64.2 Å². The highest BCUT2D eigenvalue weighted by Gasteiger charge is 2.17. The third-order valence-corrected chi connectivity index (χ3v) is 5.12. The van der Waals surface area contributed by atoms with E-state index >= 15 is 0 Å². The molecule has 1 atom stereocenters. The van der Waals surface area contributed by atoms with Crippen molar-refractivity contribution in [3.8, 4) is 0 Å². The minimum absolute atomic E-state index is 0.0760. The smallest absolute Gasteiger partial charge is 0.389 e. The van der Waals surface area contributed by atoms with Gasteiger partial charge >= 0.3 is 7.82 Å². The molecule has 0 aliphatic carbocycles. The van der Waals surface area contributed by atoms with E-state index in [-0.39, 0.29) is 12.5 Å². The second kappa shape index (κ2) is 19.3. The van der Waals surface area contributed by atoms with Crippen LogP contribution in [0.5, 0.6) is 0 Å². The fourth-order valence-electron chi connectivity index (χ4n) is 2.90. The van der Waals surface area contributed by atoms with Crippen molar-refractivity contribution in [2.75, 3.05) is 13.2 Å². The number of unbranched alkanes of at least 4 members (excludes halogenated alkanes) is 11. The Kier molecular flexibility index (Phi) is 18.8. The average molecular weight is 436 g/mol. The maximum Gasteiger partial charge on any atom is 0.469 e. The first kappa shape index (κ1) is 28.3. The fraction of sp³-hybridized carbons (Fsp3) is 0.857. The van der Waals surface area contributed by atoms with Crippen LogP contribution in [-0.4, -0.2) is 40.1 Å². The molecule has 1 unspecified atom stereocenters. The second-order valence-corrected chi connectivity index (χ2v) is 8.82. The molecule has 0 saturated carbocycles. The van der Waals surface area contributed by atoms with Crippen molar-refractivity contribution in [3.05, 3.63) is 12.2 Å². The highest BCUT2D eigenvalue weighted by atomic mass is 31.2. The van der Waals surface area contributed by atoms with E-state index in [9.17, 15) is 14.5 Å². The lowest BCUT2D eigenvalue weighted by Crippen LogP contribution is -2.34. The molecule has 0 saturated heterocycles. The highest BCUT2D eigenvalue weighted by Crippen LogP contribution is 2.35. The molecule has 0 bridgehead atoms. The number of carbonyl (C=O) groups is 1. The zero-order valence-corrected chi connectivity index (χ0v) is 19.0. The average Bonchev–Trinajstić information content (AvgIpc) is 2.67. The molecule has 4 N–H and O–H groups in total. The van der Waals surface area contributed by atoms with Crippen molar-refractivity contribution in [1.82, 2.24) is 5.32 Å². The van der Waals surface area contributed by atoms with Gasteiger partial charge in [0.15, 0.2) is 0 Å². The Morgan fingerprint density at radius 3 is 2.00 bits per heavy atom. The lowest BCUT2D eigenvalue weighted by atomic mass is 10.1. The van der Waals surface area contributed by atoms with Gasteiger partial charge in [0.1, 0.15) is 0 Å². The molecule has 8 heteroatoms. The summed E-state index contributed by atoms with van der Waals surface area (Å²) in [6.45, 7) is 1.63. The SMILES string of the molecule is CCCCC=CCCCCCCCCCCCC(=O)NCC(O)COP(=O)(O)O. The Balaban J connectivity index is 3.34. The highest BCUT2D eigenvalue weighted by molar-refractivity contribution is 7.46. The van der Waals surface area contributed by atoms with Crippen LogP contribution in [0.25, 0.3) is 0 Å². The van der Waals surface area contributed by atoms with E-state index in [1.54, 1.807) is 0 Å². The van der Waals surface area contributed by atoms with Gasteiger partial charge in [0.05, 0.1) is 12.7 Å². The molecule has 0 fully saturated rings. The topological polar surface area (TPSA) is 116 Å². The number of aliphatic hydroxyl groups excluding tert-OH is 1. The lowest BCUT2D eigenvalue weighted by molar-refractivity contribution is -0.121. The van der Waals surface area contributed by atoms with Crippen molar-refractivity contribution in [2.24, 2.45) is 0 Å². The molecule has 0 heterocycles. The van der Waals surface area contributed by atoms with E-state index in [1.807, 2.05) is 0 Å². The normalized spacial score (nSPS) is 13.1. The summed E-state index contributed by atoms with van der Waals surface area (Å²) >= 11 is 0. The number of rotatable bonds is 20. The molecule has 0 radical (unpaired) electrons. The van der Waals surface area contributed by atoms with Crippen LogP contribution in [0.2, 0.25) is 0 Å². The molecule has 0 rings (SSSR count). The van der Waals surface area contributed by atoms with Gasteiger partial charge in [-0.2, -0.15) is 0 Å². The van der Waals surface area contributed by atoms with Gasteiger partial charge < -0.3 is 20.2 Å². The number of aliphatic hydroxyl groups is 1. The standard InChI is InChI=1S/C21H42NO6P/c1-2-3-4-5-6-7-8-9-10-11-12-13-14-15-16-17-21(24)22-18-20(23)19-28-29(25,26)27/h5-6,20,23H,2-4,7-19H2,1H3,(H,22,24)(H2,25,26,27). The molecule has 0 aromatic rings. The van der Waals surface area contributed by atoms with E-state index in [4.69, 9.17) is 9.79 Å². The first-order valence-corrected chi connectivity index (χ1v) is 12.7. The summed E-state index contributed by atoms with van der Waals surface area (Å²) in [6, 6.07) is 0. The molecule has 7 nitrogen and oxygen atoms in total. The number of hydrogen-bond donors (Lipinski definition) is 4. The van der Waals surface area contributed by atoms with Crippen LogP contribution in [0.4, 0.5) is 0 Å². The van der Waals surface area contributed by atoms with Crippen LogP contribution >= 0.6 is 7.82 Å². The molecular formula is C21H42NO6P. The van der Waals surface area contributed by atoms with Gasteiger partial charge in [0.2, 0.25) is 5.91 Å². The Morgan fingerprint density at radius 1 is 0.931 bits per heavy atom. The first-order valence-electron chi connectivity index (χ1n) is 11.1.